The van der Waals surface area contributed by atoms with E-state index in [0.717, 1.165) is 0 Å². The molecule has 1 aliphatic rings. The van der Waals surface area contributed by atoms with Gasteiger partial charge in [-0.25, -0.2) is 4.79 Å². The van der Waals surface area contributed by atoms with E-state index >= 15 is 0 Å². The summed E-state index contributed by atoms with van der Waals surface area (Å²) in [5.74, 6) is 1.02. The first kappa shape index (κ1) is 23.3. The normalized spacial score (nSPS) is 14.6. The van der Waals surface area contributed by atoms with E-state index in [1.54, 1.807) is 23.1 Å². The maximum atomic E-state index is 12.2. The van der Waals surface area contributed by atoms with E-state index in [4.69, 9.17) is 19.5 Å². The molecule has 1 N–H and O–H groups in total. The van der Waals surface area contributed by atoms with Gasteiger partial charge >= 0.3 is 6.09 Å². The average Bonchev–Trinajstić information content (AvgIpc) is 2.70. The highest BCUT2D eigenvalue weighted by Crippen LogP contribution is 2.28. The van der Waals surface area contributed by atoms with Crippen molar-refractivity contribution in [2.45, 2.75) is 58.1 Å². The van der Waals surface area contributed by atoms with Crippen molar-refractivity contribution in [2.75, 3.05) is 26.8 Å². The molecule has 0 unspecified atom stereocenters. The summed E-state index contributed by atoms with van der Waals surface area (Å²) in [6.07, 6.45) is 2.03. The van der Waals surface area contributed by atoms with Gasteiger partial charge in [-0.3, -0.25) is 4.79 Å². The summed E-state index contributed by atoms with van der Waals surface area (Å²) in [6, 6.07) is 7.08. The molecule has 1 aromatic carbocycles. The van der Waals surface area contributed by atoms with Crippen LogP contribution in [0.15, 0.2) is 18.2 Å². The van der Waals surface area contributed by atoms with Crippen LogP contribution in [-0.2, 0) is 9.53 Å². The zero-order valence-electron chi connectivity index (χ0n) is 18.2. The first-order chi connectivity index (χ1) is 14.2. The number of nitrogens with one attached hydrogen (secondary N) is 1. The maximum Gasteiger partial charge on any atom is 0.410 e. The number of rotatable bonds is 7. The van der Waals surface area contributed by atoms with Gasteiger partial charge < -0.3 is 24.4 Å². The van der Waals surface area contributed by atoms with Gasteiger partial charge in [0, 0.05) is 31.6 Å². The number of methoxy groups -OCH3 is 1. The van der Waals surface area contributed by atoms with Gasteiger partial charge in [0.1, 0.15) is 5.60 Å². The van der Waals surface area contributed by atoms with Crippen LogP contribution in [0.2, 0.25) is 0 Å². The Hall–Kier alpha value is -2.95. The first-order valence-electron chi connectivity index (χ1n) is 10.2. The lowest BCUT2D eigenvalue weighted by Gasteiger charge is -2.33. The van der Waals surface area contributed by atoms with Crippen LogP contribution < -0.4 is 14.8 Å². The molecular weight excluding hydrogens is 386 g/mol. The molecular formula is C22H31N3O5. The molecule has 0 saturated carbocycles. The zero-order valence-corrected chi connectivity index (χ0v) is 18.2. The summed E-state index contributed by atoms with van der Waals surface area (Å²) in [6.45, 7) is 7.05. The number of nitrogens with zero attached hydrogens (tertiary/aromatic N) is 2. The van der Waals surface area contributed by atoms with Crippen LogP contribution in [0.25, 0.3) is 0 Å². The smallest absolute Gasteiger partial charge is 0.410 e. The third kappa shape index (κ3) is 7.47. The van der Waals surface area contributed by atoms with Crippen molar-refractivity contribution in [1.82, 2.24) is 10.2 Å². The Morgan fingerprint density at radius 1 is 1.23 bits per heavy atom. The molecule has 0 aromatic heterocycles. The highest BCUT2D eigenvalue weighted by molar-refractivity contribution is 5.76. The minimum absolute atomic E-state index is 0.0267. The van der Waals surface area contributed by atoms with E-state index in [2.05, 4.69) is 11.4 Å². The summed E-state index contributed by atoms with van der Waals surface area (Å²) in [5.41, 5.74) is -0.0114. The van der Waals surface area contributed by atoms with Crippen LogP contribution in [0.1, 0.15) is 52.0 Å². The lowest BCUT2D eigenvalue weighted by Crippen LogP contribution is -2.47. The van der Waals surface area contributed by atoms with Gasteiger partial charge in [0.15, 0.2) is 11.5 Å². The quantitative estimate of drug-likeness (QED) is 0.684. The van der Waals surface area contributed by atoms with Gasteiger partial charge in [-0.2, -0.15) is 5.26 Å². The fourth-order valence-corrected chi connectivity index (χ4v) is 3.10. The SMILES string of the molecule is COc1cc(C#N)ccc1OCCCC(=O)NC1CCN(C(=O)OC(C)(C)C)CC1. The molecule has 8 heteroatoms. The van der Waals surface area contributed by atoms with Gasteiger partial charge in [0.25, 0.3) is 0 Å². The average molecular weight is 418 g/mol. The topological polar surface area (TPSA) is 101 Å². The molecule has 30 heavy (non-hydrogen) atoms. The number of nitriles is 1. The second kappa shape index (κ2) is 10.7. The van der Waals surface area contributed by atoms with Gasteiger partial charge in [-0.05, 0) is 52.2 Å². The van der Waals surface area contributed by atoms with Crippen LogP contribution in [0.4, 0.5) is 4.79 Å². The fraction of sp³-hybridized carbons (Fsp3) is 0.591. The summed E-state index contributed by atoms with van der Waals surface area (Å²) in [4.78, 5) is 26.0. The number of ether oxygens (including phenoxy) is 3. The van der Waals surface area contributed by atoms with Gasteiger partial charge in [0.2, 0.25) is 5.91 Å². The molecule has 1 heterocycles. The maximum absolute atomic E-state index is 12.2. The molecule has 2 rings (SSSR count). The van der Waals surface area contributed by atoms with E-state index in [9.17, 15) is 9.59 Å². The highest BCUT2D eigenvalue weighted by atomic mass is 16.6. The van der Waals surface area contributed by atoms with E-state index in [-0.39, 0.29) is 18.0 Å². The number of carbonyl (C=O) groups is 2. The predicted octanol–water partition coefficient (Wildman–Crippen LogP) is 3.24. The highest BCUT2D eigenvalue weighted by Gasteiger charge is 2.27. The number of hydrogen-bond acceptors (Lipinski definition) is 6. The van der Waals surface area contributed by atoms with Crippen LogP contribution in [0.3, 0.4) is 0 Å². The largest absolute Gasteiger partial charge is 0.493 e. The second-order valence-corrected chi connectivity index (χ2v) is 8.24. The number of carbonyl (C=O) groups excluding carboxylic acids is 2. The van der Waals surface area contributed by atoms with Crippen LogP contribution in [0, 0.1) is 11.3 Å². The molecule has 0 radical (unpaired) electrons. The predicted molar refractivity (Wildman–Crippen MR) is 111 cm³/mol. The van der Waals surface area contributed by atoms with Crippen molar-refractivity contribution in [3.05, 3.63) is 23.8 Å². The Bertz CT molecular complexity index is 774. The molecule has 8 nitrogen and oxygen atoms in total. The van der Waals surface area contributed by atoms with Crippen molar-refractivity contribution < 1.29 is 23.8 Å². The van der Waals surface area contributed by atoms with Gasteiger partial charge in [-0.15, -0.1) is 0 Å². The number of likely N-dealkylation sites (tertiary alicyclic amines) is 1. The van der Waals surface area contributed by atoms with E-state index in [1.807, 2.05) is 20.8 Å². The summed E-state index contributed by atoms with van der Waals surface area (Å²) < 4.78 is 16.3. The van der Waals surface area contributed by atoms with Crippen LogP contribution in [0.5, 0.6) is 11.5 Å². The van der Waals surface area contributed by atoms with Crippen molar-refractivity contribution in [3.8, 4) is 17.6 Å². The number of amides is 2. The molecule has 164 valence electrons. The molecule has 1 aromatic rings. The Morgan fingerprint density at radius 3 is 2.53 bits per heavy atom. The lowest BCUT2D eigenvalue weighted by molar-refractivity contribution is -0.122. The second-order valence-electron chi connectivity index (χ2n) is 8.24. The number of hydrogen-bond donors (Lipinski definition) is 1. The first-order valence-corrected chi connectivity index (χ1v) is 10.2. The molecule has 2 amide bonds. The Balaban J connectivity index is 1.67. The number of benzene rings is 1. The van der Waals surface area contributed by atoms with E-state index < -0.39 is 5.60 Å². The molecule has 1 saturated heterocycles. The Morgan fingerprint density at radius 2 is 1.93 bits per heavy atom. The van der Waals surface area contributed by atoms with Gasteiger partial charge in [-0.1, -0.05) is 0 Å². The van der Waals surface area contributed by atoms with Gasteiger partial charge in [0.05, 0.1) is 25.3 Å². The third-order valence-corrected chi connectivity index (χ3v) is 4.61. The monoisotopic (exact) mass is 417 g/mol. The molecule has 1 fully saturated rings. The number of piperidine rings is 1. The standard InChI is InChI=1S/C22H31N3O5/c1-22(2,3)30-21(27)25-11-9-17(10-12-25)24-20(26)6-5-13-29-18-8-7-16(15-23)14-19(18)28-4/h7-8,14,17H,5-6,9-13H2,1-4H3,(H,24,26). The van der Waals surface area contributed by atoms with E-state index in [1.165, 1.54) is 7.11 Å². The molecule has 0 aliphatic carbocycles. The minimum Gasteiger partial charge on any atom is -0.493 e. The molecule has 1 aliphatic heterocycles. The third-order valence-electron chi connectivity index (χ3n) is 4.61. The Labute approximate surface area is 178 Å². The van der Waals surface area contributed by atoms with Crippen molar-refractivity contribution in [3.63, 3.8) is 0 Å². The zero-order chi connectivity index (χ0) is 22.1. The molecule has 0 spiro atoms. The lowest BCUT2D eigenvalue weighted by atomic mass is 10.1. The van der Waals surface area contributed by atoms with E-state index in [0.29, 0.717) is 62.4 Å². The summed E-state index contributed by atoms with van der Waals surface area (Å²) >= 11 is 0. The summed E-state index contributed by atoms with van der Waals surface area (Å²) in [7, 11) is 1.52. The van der Waals surface area contributed by atoms with Crippen LogP contribution in [-0.4, -0.2) is 55.3 Å². The van der Waals surface area contributed by atoms with Crippen LogP contribution >= 0.6 is 0 Å². The van der Waals surface area contributed by atoms with Crippen molar-refractivity contribution >= 4 is 12.0 Å². The Kier molecular flexibility index (Phi) is 8.34. The minimum atomic E-state index is -0.508. The van der Waals surface area contributed by atoms with Crippen molar-refractivity contribution in [2.24, 2.45) is 0 Å². The molecule has 0 bridgehead atoms. The summed E-state index contributed by atoms with van der Waals surface area (Å²) in [5, 5.41) is 12.0. The molecule has 0 atom stereocenters. The fourth-order valence-electron chi connectivity index (χ4n) is 3.10. The van der Waals surface area contributed by atoms with Crippen molar-refractivity contribution in [1.29, 1.82) is 5.26 Å².